The first kappa shape index (κ1) is 28.9. The van der Waals surface area contributed by atoms with Gasteiger partial charge in [-0.1, -0.05) is 87.7 Å². The van der Waals surface area contributed by atoms with Crippen LogP contribution in [0.4, 0.5) is 13.2 Å². The summed E-state index contributed by atoms with van der Waals surface area (Å²) in [6, 6.07) is 11.4. The van der Waals surface area contributed by atoms with E-state index >= 15 is 0 Å². The molecule has 0 fully saturated rings. The molecule has 0 aliphatic rings. The summed E-state index contributed by atoms with van der Waals surface area (Å²) in [6.45, 7) is 4.02. The molecule has 5 nitrogen and oxygen atoms in total. The maximum Gasteiger partial charge on any atom is 0.416 e. The van der Waals surface area contributed by atoms with E-state index in [0.29, 0.717) is 17.3 Å². The van der Waals surface area contributed by atoms with E-state index in [4.69, 9.17) is 4.52 Å². The zero-order chi connectivity index (χ0) is 26.7. The first-order valence-electron chi connectivity index (χ1n) is 13.3. The topological polar surface area (TPSA) is 65.2 Å². The van der Waals surface area contributed by atoms with Crippen LogP contribution in [0.1, 0.15) is 100 Å². The molecule has 1 aromatic heterocycles. The Labute approximate surface area is 217 Å². The van der Waals surface area contributed by atoms with E-state index < -0.39 is 17.8 Å². The molecule has 0 saturated heterocycles. The Balaban J connectivity index is 1.43. The van der Waals surface area contributed by atoms with Gasteiger partial charge >= 0.3 is 6.18 Å². The van der Waals surface area contributed by atoms with Gasteiger partial charge in [0.15, 0.2) is 5.82 Å². The van der Waals surface area contributed by atoms with Crippen molar-refractivity contribution in [3.63, 3.8) is 0 Å². The predicted octanol–water partition coefficient (Wildman–Crippen LogP) is 8.89. The van der Waals surface area contributed by atoms with Gasteiger partial charge in [-0.25, -0.2) is 0 Å². The molecule has 0 aliphatic heterocycles. The van der Waals surface area contributed by atoms with Crippen molar-refractivity contribution >= 4 is 0 Å². The second-order valence-corrected chi connectivity index (χ2v) is 9.66. The van der Waals surface area contributed by atoms with Gasteiger partial charge in [-0.05, 0) is 48.7 Å². The fraction of sp³-hybridized carbons (Fsp3) is 0.517. The van der Waals surface area contributed by atoms with Gasteiger partial charge in [0, 0.05) is 24.6 Å². The number of unbranched alkanes of at least 4 members (excludes halogenated alkanes) is 8. The smallest absolute Gasteiger partial charge is 0.416 e. The van der Waals surface area contributed by atoms with Crippen LogP contribution in [0.2, 0.25) is 0 Å². The number of hydrogen-bond donors (Lipinski definition) is 0. The van der Waals surface area contributed by atoms with Gasteiger partial charge in [0.1, 0.15) is 0 Å². The minimum atomic E-state index is -4.40. The Bertz CT molecular complexity index is 1050. The Morgan fingerprint density at radius 1 is 0.865 bits per heavy atom. The number of rotatable bonds is 15. The van der Waals surface area contributed by atoms with E-state index in [0.717, 1.165) is 41.2 Å². The Kier molecular flexibility index (Phi) is 11.1. The normalized spacial score (nSPS) is 12.8. The number of halogens is 3. The third-order valence-electron chi connectivity index (χ3n) is 6.66. The Morgan fingerprint density at radius 2 is 1.46 bits per heavy atom. The monoisotopic (exact) mass is 516 g/mol. The van der Waals surface area contributed by atoms with Crippen molar-refractivity contribution in [2.75, 3.05) is 0 Å². The molecule has 0 saturated carbocycles. The largest absolute Gasteiger partial charge is 0.784 e. The van der Waals surface area contributed by atoms with Crippen LogP contribution in [0.3, 0.4) is 0 Å². The summed E-state index contributed by atoms with van der Waals surface area (Å²) in [6.07, 6.45) is 7.77. The molecule has 0 unspecified atom stereocenters. The average molecular weight is 517 g/mol. The molecule has 8 heteroatoms. The van der Waals surface area contributed by atoms with Crippen LogP contribution >= 0.6 is 0 Å². The molecule has 0 aliphatic carbocycles. The van der Waals surface area contributed by atoms with Crippen LogP contribution in [-0.4, -0.2) is 15.2 Å². The summed E-state index contributed by atoms with van der Waals surface area (Å²) in [5.74, 6) is 1.16. The van der Waals surface area contributed by atoms with Crippen LogP contribution in [0, 0.1) is 5.21 Å². The molecule has 37 heavy (non-hydrogen) atoms. The Hall–Kier alpha value is -2.71. The van der Waals surface area contributed by atoms with E-state index in [1.165, 1.54) is 63.5 Å². The second kappa shape index (κ2) is 14.3. The summed E-state index contributed by atoms with van der Waals surface area (Å²) in [5, 5.41) is 17.6. The molecule has 0 amide bonds. The second-order valence-electron chi connectivity index (χ2n) is 9.66. The average Bonchev–Trinajstić information content (AvgIpc) is 3.36. The SMILES string of the molecule is CCCCCCCCCCCc1noc(-c2ccc(CN([O-])[C@H](C)c3ccc(C(F)(F)F)cc3)cc2)n1. The molecular formula is C29H37F3N3O2-. The molecule has 0 radical (unpaired) electrons. The summed E-state index contributed by atoms with van der Waals surface area (Å²) >= 11 is 0. The third kappa shape index (κ3) is 9.27. The third-order valence-corrected chi connectivity index (χ3v) is 6.66. The summed E-state index contributed by atoms with van der Waals surface area (Å²) in [5.41, 5.74) is 1.37. The van der Waals surface area contributed by atoms with Gasteiger partial charge in [0.05, 0.1) is 5.56 Å². The lowest BCUT2D eigenvalue weighted by Crippen LogP contribution is -2.20. The predicted molar refractivity (Wildman–Crippen MR) is 139 cm³/mol. The van der Waals surface area contributed by atoms with Crippen molar-refractivity contribution in [2.45, 2.75) is 96.8 Å². The lowest BCUT2D eigenvalue weighted by Gasteiger charge is -2.35. The lowest BCUT2D eigenvalue weighted by atomic mass is 10.0. The van der Waals surface area contributed by atoms with Crippen molar-refractivity contribution in [3.05, 3.63) is 76.3 Å². The molecule has 0 bridgehead atoms. The number of nitrogens with zero attached hydrogens (tertiary/aromatic N) is 3. The number of benzene rings is 2. The highest BCUT2D eigenvalue weighted by molar-refractivity contribution is 5.53. The highest BCUT2D eigenvalue weighted by Crippen LogP contribution is 2.31. The first-order valence-corrected chi connectivity index (χ1v) is 13.3. The molecule has 1 heterocycles. The summed E-state index contributed by atoms with van der Waals surface area (Å²) in [7, 11) is 0. The fourth-order valence-electron chi connectivity index (χ4n) is 4.25. The highest BCUT2D eigenvalue weighted by atomic mass is 19.4. The van der Waals surface area contributed by atoms with E-state index in [9.17, 15) is 18.4 Å². The quantitative estimate of drug-likeness (QED) is 0.149. The fourth-order valence-corrected chi connectivity index (χ4v) is 4.25. The van der Waals surface area contributed by atoms with Crippen LogP contribution in [0.5, 0.6) is 0 Å². The molecule has 3 rings (SSSR count). The number of hydrogen-bond acceptors (Lipinski definition) is 5. The van der Waals surface area contributed by atoms with Crippen molar-refractivity contribution < 1.29 is 17.7 Å². The molecule has 202 valence electrons. The van der Waals surface area contributed by atoms with Crippen LogP contribution in [-0.2, 0) is 19.1 Å². The minimum absolute atomic E-state index is 0.107. The molecular weight excluding hydrogens is 479 g/mol. The van der Waals surface area contributed by atoms with Crippen LogP contribution < -0.4 is 0 Å². The van der Waals surface area contributed by atoms with Crippen molar-refractivity contribution in [2.24, 2.45) is 0 Å². The van der Waals surface area contributed by atoms with Crippen molar-refractivity contribution in [1.29, 1.82) is 0 Å². The molecule has 3 aromatic rings. The van der Waals surface area contributed by atoms with Gasteiger partial charge in [-0.3, -0.25) is 0 Å². The van der Waals surface area contributed by atoms with Crippen LogP contribution in [0.25, 0.3) is 11.5 Å². The maximum absolute atomic E-state index is 12.8. The first-order chi connectivity index (χ1) is 17.8. The van der Waals surface area contributed by atoms with Gasteiger partial charge in [-0.15, -0.1) is 0 Å². The van der Waals surface area contributed by atoms with Gasteiger partial charge in [0.2, 0.25) is 0 Å². The number of aryl methyl sites for hydroxylation is 1. The number of hydroxylamine groups is 2. The number of alkyl halides is 3. The minimum Gasteiger partial charge on any atom is -0.784 e. The van der Waals surface area contributed by atoms with E-state index in [2.05, 4.69) is 17.1 Å². The number of aromatic nitrogens is 2. The van der Waals surface area contributed by atoms with E-state index in [-0.39, 0.29) is 6.54 Å². The molecule has 1 atom stereocenters. The molecule has 0 spiro atoms. The highest BCUT2D eigenvalue weighted by Gasteiger charge is 2.30. The zero-order valence-corrected chi connectivity index (χ0v) is 21.8. The Morgan fingerprint density at radius 3 is 2.05 bits per heavy atom. The van der Waals surface area contributed by atoms with Gasteiger partial charge in [-0.2, -0.15) is 18.2 Å². The van der Waals surface area contributed by atoms with Gasteiger partial charge < -0.3 is 14.8 Å². The van der Waals surface area contributed by atoms with Crippen LogP contribution in [0.15, 0.2) is 53.1 Å². The lowest BCUT2D eigenvalue weighted by molar-refractivity contribution is -0.137. The summed E-state index contributed by atoms with van der Waals surface area (Å²) in [4.78, 5) is 4.50. The maximum atomic E-state index is 12.8. The van der Waals surface area contributed by atoms with E-state index in [1.807, 2.05) is 24.3 Å². The van der Waals surface area contributed by atoms with E-state index in [1.54, 1.807) is 6.92 Å². The van der Waals surface area contributed by atoms with Crippen molar-refractivity contribution in [3.8, 4) is 11.5 Å². The molecule has 0 N–H and O–H groups in total. The van der Waals surface area contributed by atoms with Gasteiger partial charge in [0.25, 0.3) is 5.89 Å². The standard InChI is InChI=1S/C29H37F3N3O2/c1-3-4-5-6-7-8-9-10-11-12-27-33-28(37-34-27)25-15-13-23(14-16-25)21-35(36)22(2)24-17-19-26(20-18-24)29(30,31)32/h13-20,22H,3-12,21H2,1-2H3/q-1/t22-/m1/s1. The summed E-state index contributed by atoms with van der Waals surface area (Å²) < 4.78 is 43.7. The molecule has 2 aromatic carbocycles. The van der Waals surface area contributed by atoms with Crippen molar-refractivity contribution in [1.82, 2.24) is 15.2 Å². The zero-order valence-electron chi connectivity index (χ0n) is 21.8.